The smallest absolute Gasteiger partial charge is 0.252 e. The van der Waals surface area contributed by atoms with E-state index in [1.807, 2.05) is 18.2 Å². The van der Waals surface area contributed by atoms with Gasteiger partial charge in [-0.2, -0.15) is 0 Å². The van der Waals surface area contributed by atoms with Crippen LogP contribution >= 0.6 is 11.6 Å². The molecule has 0 unspecified atom stereocenters. The Hall–Kier alpha value is -2.46. The van der Waals surface area contributed by atoms with Gasteiger partial charge in [0.05, 0.1) is 16.8 Å². The number of amides is 1. The number of hydrogen-bond acceptors (Lipinski definition) is 3. The summed E-state index contributed by atoms with van der Waals surface area (Å²) >= 11 is 6.11. The Bertz CT molecular complexity index is 865. The van der Waals surface area contributed by atoms with Gasteiger partial charge in [0.1, 0.15) is 0 Å². The minimum atomic E-state index is -0.108. The molecular weight excluding hydrogens is 322 g/mol. The third kappa shape index (κ3) is 3.54. The van der Waals surface area contributed by atoms with Gasteiger partial charge in [-0.3, -0.25) is 9.78 Å². The number of unbranched alkanes of at least 4 members (excludes halogenated alkanes) is 1. The molecule has 0 aliphatic rings. The summed E-state index contributed by atoms with van der Waals surface area (Å²) in [5.41, 5.74) is 2.91. The van der Waals surface area contributed by atoms with Crippen molar-refractivity contribution in [3.63, 3.8) is 0 Å². The predicted molar refractivity (Wildman–Crippen MR) is 97.2 cm³/mol. The zero-order valence-corrected chi connectivity index (χ0v) is 14.2. The van der Waals surface area contributed by atoms with E-state index in [1.165, 1.54) is 0 Å². The molecule has 1 amide bonds. The molecule has 2 aromatic heterocycles. The van der Waals surface area contributed by atoms with Crippen LogP contribution in [-0.2, 0) is 0 Å². The van der Waals surface area contributed by atoms with E-state index in [4.69, 9.17) is 11.6 Å². The highest BCUT2D eigenvalue weighted by Gasteiger charge is 2.14. The number of halogens is 1. The third-order valence-corrected chi connectivity index (χ3v) is 4.02. The van der Waals surface area contributed by atoms with E-state index in [0.717, 1.165) is 35.0 Å². The molecule has 4 nitrogen and oxygen atoms in total. The second kappa shape index (κ2) is 7.41. The Morgan fingerprint density at radius 2 is 2.12 bits per heavy atom. The number of nitrogens with zero attached hydrogens (tertiary/aromatic N) is 2. The summed E-state index contributed by atoms with van der Waals surface area (Å²) in [5, 5.41) is 4.30. The van der Waals surface area contributed by atoms with Gasteiger partial charge in [-0.25, -0.2) is 4.98 Å². The first kappa shape index (κ1) is 16.4. The van der Waals surface area contributed by atoms with Crippen molar-refractivity contribution in [2.75, 3.05) is 6.54 Å². The summed E-state index contributed by atoms with van der Waals surface area (Å²) in [6.07, 6.45) is 5.43. The van der Waals surface area contributed by atoms with Crippen LogP contribution in [-0.4, -0.2) is 22.4 Å². The Morgan fingerprint density at radius 3 is 2.88 bits per heavy atom. The van der Waals surface area contributed by atoms with E-state index >= 15 is 0 Å². The van der Waals surface area contributed by atoms with E-state index in [-0.39, 0.29) is 5.91 Å². The van der Waals surface area contributed by atoms with E-state index < -0.39 is 0 Å². The van der Waals surface area contributed by atoms with Gasteiger partial charge in [0.15, 0.2) is 0 Å². The van der Waals surface area contributed by atoms with Gasteiger partial charge in [-0.1, -0.05) is 24.9 Å². The molecule has 1 N–H and O–H groups in total. The SMILES string of the molecule is CCCCNC(=O)c1cc(-c2cccnc2)nc2ccc(Cl)cc12. The monoisotopic (exact) mass is 339 g/mol. The van der Waals surface area contributed by atoms with Gasteiger partial charge in [-0.05, 0) is 42.8 Å². The fourth-order valence-electron chi connectivity index (χ4n) is 2.52. The largest absolute Gasteiger partial charge is 0.352 e. The van der Waals surface area contributed by atoms with Gasteiger partial charge < -0.3 is 5.32 Å². The number of carbonyl (C=O) groups excluding carboxylic acids is 1. The van der Waals surface area contributed by atoms with Crippen LogP contribution in [0.3, 0.4) is 0 Å². The maximum absolute atomic E-state index is 12.6. The lowest BCUT2D eigenvalue weighted by Crippen LogP contribution is -2.24. The molecule has 5 heteroatoms. The second-order valence-electron chi connectivity index (χ2n) is 5.57. The highest BCUT2D eigenvalue weighted by Crippen LogP contribution is 2.26. The molecule has 0 bridgehead atoms. The van der Waals surface area contributed by atoms with Crippen LogP contribution in [0.2, 0.25) is 5.02 Å². The average Bonchev–Trinajstić information content (AvgIpc) is 2.61. The fourth-order valence-corrected chi connectivity index (χ4v) is 2.69. The maximum atomic E-state index is 12.6. The number of carbonyl (C=O) groups is 1. The van der Waals surface area contributed by atoms with Crippen molar-refractivity contribution in [3.8, 4) is 11.3 Å². The lowest BCUT2D eigenvalue weighted by Gasteiger charge is -2.10. The quantitative estimate of drug-likeness (QED) is 0.697. The van der Waals surface area contributed by atoms with Gasteiger partial charge in [-0.15, -0.1) is 0 Å². The van der Waals surface area contributed by atoms with E-state index in [1.54, 1.807) is 30.6 Å². The summed E-state index contributed by atoms with van der Waals surface area (Å²) < 4.78 is 0. The highest BCUT2D eigenvalue weighted by molar-refractivity contribution is 6.31. The first-order valence-electron chi connectivity index (χ1n) is 7.98. The van der Waals surface area contributed by atoms with Crippen molar-refractivity contribution in [2.45, 2.75) is 19.8 Å². The number of aromatic nitrogens is 2. The summed E-state index contributed by atoms with van der Waals surface area (Å²) in [6, 6.07) is 11.0. The Labute approximate surface area is 145 Å². The summed E-state index contributed by atoms with van der Waals surface area (Å²) in [5.74, 6) is -0.108. The van der Waals surface area contributed by atoms with Gasteiger partial charge >= 0.3 is 0 Å². The third-order valence-electron chi connectivity index (χ3n) is 3.79. The number of hydrogen-bond donors (Lipinski definition) is 1. The van der Waals surface area contributed by atoms with Crippen LogP contribution in [0.1, 0.15) is 30.1 Å². The molecule has 1 aromatic carbocycles. The van der Waals surface area contributed by atoms with E-state index in [2.05, 4.69) is 22.2 Å². The highest BCUT2D eigenvalue weighted by atomic mass is 35.5. The number of nitrogens with one attached hydrogen (secondary N) is 1. The van der Waals surface area contributed by atoms with Crippen molar-refractivity contribution in [2.24, 2.45) is 0 Å². The first-order chi connectivity index (χ1) is 11.7. The number of rotatable bonds is 5. The molecule has 122 valence electrons. The lowest BCUT2D eigenvalue weighted by molar-refractivity contribution is 0.0955. The number of fused-ring (bicyclic) bond motifs is 1. The molecule has 0 saturated heterocycles. The first-order valence-corrected chi connectivity index (χ1v) is 8.35. The van der Waals surface area contributed by atoms with E-state index in [9.17, 15) is 4.79 Å². The molecule has 0 saturated carbocycles. The predicted octanol–water partition coefficient (Wildman–Crippen LogP) is 4.48. The molecule has 0 atom stereocenters. The van der Waals surface area contributed by atoms with Crippen molar-refractivity contribution < 1.29 is 4.79 Å². The molecule has 0 fully saturated rings. The van der Waals surface area contributed by atoms with Gasteiger partial charge in [0, 0.05) is 34.9 Å². The molecule has 3 aromatic rings. The average molecular weight is 340 g/mol. The maximum Gasteiger partial charge on any atom is 0.252 e. The lowest BCUT2D eigenvalue weighted by atomic mass is 10.0. The van der Waals surface area contributed by atoms with Crippen molar-refractivity contribution >= 4 is 28.4 Å². The Balaban J connectivity index is 2.10. The molecule has 3 rings (SSSR count). The molecule has 0 radical (unpaired) electrons. The minimum Gasteiger partial charge on any atom is -0.352 e. The second-order valence-corrected chi connectivity index (χ2v) is 6.00. The van der Waals surface area contributed by atoms with Crippen LogP contribution in [0.5, 0.6) is 0 Å². The Morgan fingerprint density at radius 1 is 1.25 bits per heavy atom. The number of benzene rings is 1. The van der Waals surface area contributed by atoms with Crippen LogP contribution < -0.4 is 5.32 Å². The van der Waals surface area contributed by atoms with Crippen LogP contribution in [0.15, 0.2) is 48.8 Å². The molecular formula is C19H18ClN3O. The topological polar surface area (TPSA) is 54.9 Å². The van der Waals surface area contributed by atoms with Crippen molar-refractivity contribution in [1.82, 2.24) is 15.3 Å². The molecule has 24 heavy (non-hydrogen) atoms. The van der Waals surface area contributed by atoms with Crippen molar-refractivity contribution in [3.05, 3.63) is 59.4 Å². The normalized spacial score (nSPS) is 10.8. The standard InChI is InChI=1S/C19H18ClN3O/c1-2-3-9-22-19(24)16-11-18(13-5-4-8-21-12-13)23-17-7-6-14(20)10-15(16)17/h4-8,10-12H,2-3,9H2,1H3,(H,22,24). The molecule has 2 heterocycles. The summed E-state index contributed by atoms with van der Waals surface area (Å²) in [6.45, 7) is 2.75. The van der Waals surface area contributed by atoms with Crippen LogP contribution in [0.25, 0.3) is 22.2 Å². The zero-order chi connectivity index (χ0) is 16.9. The number of pyridine rings is 2. The molecule has 0 spiro atoms. The van der Waals surface area contributed by atoms with E-state index in [0.29, 0.717) is 17.1 Å². The zero-order valence-electron chi connectivity index (χ0n) is 13.4. The summed E-state index contributed by atoms with van der Waals surface area (Å²) in [7, 11) is 0. The van der Waals surface area contributed by atoms with Gasteiger partial charge in [0.2, 0.25) is 0 Å². The molecule has 0 aliphatic heterocycles. The van der Waals surface area contributed by atoms with Crippen molar-refractivity contribution in [1.29, 1.82) is 0 Å². The van der Waals surface area contributed by atoms with Crippen LogP contribution in [0, 0.1) is 0 Å². The van der Waals surface area contributed by atoms with Gasteiger partial charge in [0.25, 0.3) is 5.91 Å². The minimum absolute atomic E-state index is 0.108. The molecule has 0 aliphatic carbocycles. The Kier molecular flexibility index (Phi) is 5.06. The fraction of sp³-hybridized carbons (Fsp3) is 0.211. The van der Waals surface area contributed by atoms with Crippen LogP contribution in [0.4, 0.5) is 0 Å². The summed E-state index contributed by atoms with van der Waals surface area (Å²) in [4.78, 5) is 21.4.